The molecule has 192 valence electrons. The fourth-order valence-corrected chi connectivity index (χ4v) is 6.58. The number of thiophene rings is 1. The molecular formula is C35H26N4S. The van der Waals surface area contributed by atoms with Crippen molar-refractivity contribution in [2.24, 2.45) is 0 Å². The molecule has 0 saturated carbocycles. The summed E-state index contributed by atoms with van der Waals surface area (Å²) >= 11 is 1.82. The number of nitrogens with zero attached hydrogens (tertiary/aromatic N) is 4. The van der Waals surface area contributed by atoms with Crippen LogP contribution in [0.5, 0.6) is 0 Å². The highest BCUT2D eigenvalue weighted by atomic mass is 32.1. The molecule has 0 amide bonds. The van der Waals surface area contributed by atoms with Crippen LogP contribution >= 0.6 is 11.3 Å². The van der Waals surface area contributed by atoms with E-state index in [0.717, 1.165) is 22.2 Å². The van der Waals surface area contributed by atoms with Crippen LogP contribution in [0.1, 0.15) is 13.8 Å². The minimum atomic E-state index is 0.619. The molecule has 5 heteroatoms. The molecule has 3 aromatic heterocycles. The highest BCUT2D eigenvalue weighted by Gasteiger charge is 2.20. The Balaban J connectivity index is 0.00000130. The van der Waals surface area contributed by atoms with Gasteiger partial charge < -0.3 is 0 Å². The molecule has 8 rings (SSSR count). The van der Waals surface area contributed by atoms with E-state index in [4.69, 9.17) is 15.0 Å². The largest absolute Gasteiger partial charge is 0.276 e. The second kappa shape index (κ2) is 10.0. The van der Waals surface area contributed by atoms with Crippen molar-refractivity contribution in [3.05, 3.63) is 121 Å². The predicted molar refractivity (Wildman–Crippen MR) is 169 cm³/mol. The van der Waals surface area contributed by atoms with Crippen LogP contribution in [0.3, 0.4) is 0 Å². The van der Waals surface area contributed by atoms with Crippen molar-refractivity contribution >= 4 is 53.3 Å². The molecule has 0 saturated heterocycles. The minimum Gasteiger partial charge on any atom is -0.276 e. The van der Waals surface area contributed by atoms with E-state index in [1.807, 2.05) is 85.8 Å². The Morgan fingerprint density at radius 2 is 1.05 bits per heavy atom. The van der Waals surface area contributed by atoms with Crippen molar-refractivity contribution in [1.29, 1.82) is 0 Å². The van der Waals surface area contributed by atoms with Crippen LogP contribution in [-0.2, 0) is 0 Å². The van der Waals surface area contributed by atoms with E-state index in [2.05, 4.69) is 65.2 Å². The number of fused-ring (bicyclic) bond motifs is 7. The van der Waals surface area contributed by atoms with Gasteiger partial charge in [0.25, 0.3) is 0 Å². The Kier molecular flexibility index (Phi) is 6.06. The van der Waals surface area contributed by atoms with Gasteiger partial charge in [-0.25, -0.2) is 4.98 Å². The van der Waals surface area contributed by atoms with E-state index in [0.29, 0.717) is 17.6 Å². The van der Waals surface area contributed by atoms with Gasteiger partial charge >= 0.3 is 0 Å². The van der Waals surface area contributed by atoms with E-state index in [-0.39, 0.29) is 0 Å². The summed E-state index contributed by atoms with van der Waals surface area (Å²) in [7, 11) is 0. The van der Waals surface area contributed by atoms with Crippen LogP contribution in [0.2, 0.25) is 0 Å². The van der Waals surface area contributed by atoms with Crippen LogP contribution in [0.25, 0.3) is 70.7 Å². The fraction of sp³-hybridized carbons (Fsp3) is 0.0571. The summed E-state index contributed by atoms with van der Waals surface area (Å²) in [6.07, 6.45) is 0. The van der Waals surface area contributed by atoms with Gasteiger partial charge in [-0.1, -0.05) is 123 Å². The minimum absolute atomic E-state index is 0.619. The number of rotatable bonds is 3. The summed E-state index contributed by atoms with van der Waals surface area (Å²) in [5.41, 5.74) is 4.13. The monoisotopic (exact) mass is 534 g/mol. The van der Waals surface area contributed by atoms with Gasteiger partial charge in [0.1, 0.15) is 0 Å². The molecule has 0 N–H and O–H groups in total. The van der Waals surface area contributed by atoms with Crippen molar-refractivity contribution in [1.82, 2.24) is 19.5 Å². The lowest BCUT2D eigenvalue weighted by atomic mass is 10.1. The van der Waals surface area contributed by atoms with Crippen LogP contribution in [0, 0.1) is 0 Å². The molecule has 0 unspecified atom stereocenters. The first kappa shape index (κ1) is 24.2. The van der Waals surface area contributed by atoms with Crippen LogP contribution in [0.4, 0.5) is 0 Å². The average molecular weight is 535 g/mol. The lowest BCUT2D eigenvalue weighted by Gasteiger charge is -2.11. The average Bonchev–Trinajstić information content (AvgIpc) is 3.59. The quantitative estimate of drug-likeness (QED) is 0.227. The van der Waals surface area contributed by atoms with Crippen molar-refractivity contribution < 1.29 is 0 Å². The van der Waals surface area contributed by atoms with E-state index in [9.17, 15) is 0 Å². The molecule has 0 atom stereocenters. The summed E-state index contributed by atoms with van der Waals surface area (Å²) in [5.74, 6) is 1.93. The standard InChI is InChI=1S/C33H20N4S.C2H6/c1-3-11-21(12-4-1)31-34-32(22-13-5-2-6-14-22)36-33(35-31)37-27-17-9-7-15-23(27)25-19-20-26-24-16-8-10-18-28(24)38-30(26)29(25)37;1-2/h1-20H;1-2H3. The smallest absolute Gasteiger partial charge is 0.238 e. The molecule has 4 nitrogen and oxygen atoms in total. The summed E-state index contributed by atoms with van der Waals surface area (Å²) in [4.78, 5) is 15.1. The van der Waals surface area contributed by atoms with Gasteiger partial charge in [-0.05, 0) is 12.1 Å². The molecule has 40 heavy (non-hydrogen) atoms. The number of hydrogen-bond donors (Lipinski definition) is 0. The Hall–Kier alpha value is -4.87. The highest BCUT2D eigenvalue weighted by Crippen LogP contribution is 2.42. The zero-order valence-corrected chi connectivity index (χ0v) is 23.1. The Morgan fingerprint density at radius 3 is 1.73 bits per heavy atom. The van der Waals surface area contributed by atoms with Gasteiger partial charge in [-0.15, -0.1) is 11.3 Å². The van der Waals surface area contributed by atoms with Gasteiger partial charge in [-0.3, -0.25) is 4.57 Å². The molecule has 8 aromatic rings. The lowest BCUT2D eigenvalue weighted by molar-refractivity contribution is 0.955. The lowest BCUT2D eigenvalue weighted by Crippen LogP contribution is -2.06. The maximum Gasteiger partial charge on any atom is 0.238 e. The van der Waals surface area contributed by atoms with Crippen LogP contribution in [-0.4, -0.2) is 19.5 Å². The molecule has 0 aliphatic carbocycles. The summed E-state index contributed by atoms with van der Waals surface area (Å²) in [6.45, 7) is 4.00. The van der Waals surface area contributed by atoms with Crippen LogP contribution < -0.4 is 0 Å². The van der Waals surface area contributed by atoms with Crippen molar-refractivity contribution in [3.8, 4) is 28.7 Å². The molecule has 0 aliphatic heterocycles. The van der Waals surface area contributed by atoms with Crippen molar-refractivity contribution in [2.75, 3.05) is 0 Å². The highest BCUT2D eigenvalue weighted by molar-refractivity contribution is 7.26. The van der Waals surface area contributed by atoms with Crippen molar-refractivity contribution in [2.45, 2.75) is 13.8 Å². The maximum atomic E-state index is 5.08. The fourth-order valence-electron chi connectivity index (χ4n) is 5.34. The van der Waals surface area contributed by atoms with Gasteiger partial charge in [0.05, 0.1) is 15.7 Å². The molecule has 0 fully saturated rings. The Bertz CT molecular complexity index is 2070. The summed E-state index contributed by atoms with van der Waals surface area (Å²) in [5, 5.41) is 4.91. The Labute approximate surface area is 236 Å². The molecule has 0 spiro atoms. The van der Waals surface area contributed by atoms with E-state index in [1.165, 1.54) is 30.9 Å². The Morgan fingerprint density at radius 1 is 0.500 bits per heavy atom. The second-order valence-corrected chi connectivity index (χ2v) is 10.4. The molecule has 0 radical (unpaired) electrons. The zero-order valence-electron chi connectivity index (χ0n) is 22.2. The summed E-state index contributed by atoms with van der Waals surface area (Å²) < 4.78 is 4.74. The third kappa shape index (κ3) is 3.86. The number of para-hydroxylation sites is 1. The van der Waals surface area contributed by atoms with E-state index >= 15 is 0 Å². The van der Waals surface area contributed by atoms with Gasteiger partial charge in [0.15, 0.2) is 11.6 Å². The SMILES string of the molecule is CC.c1ccc(-c2nc(-c3ccccc3)nc(-n3c4ccccc4c4ccc5c6ccccc6sc5c43)n2)cc1. The predicted octanol–water partition coefficient (Wildman–Crippen LogP) is 9.70. The van der Waals surface area contributed by atoms with Gasteiger partial charge in [-0.2, -0.15) is 9.97 Å². The zero-order chi connectivity index (χ0) is 27.1. The molecule has 0 aliphatic rings. The molecule has 0 bridgehead atoms. The first-order chi connectivity index (χ1) is 19.8. The number of benzene rings is 5. The third-order valence-corrected chi connectivity index (χ3v) is 8.26. The van der Waals surface area contributed by atoms with Gasteiger partial charge in [0.2, 0.25) is 5.95 Å². The molecule has 3 heterocycles. The number of hydrogen-bond acceptors (Lipinski definition) is 4. The van der Waals surface area contributed by atoms with Gasteiger partial charge in [0, 0.05) is 37.4 Å². The molecular weight excluding hydrogens is 508 g/mol. The van der Waals surface area contributed by atoms with E-state index in [1.54, 1.807) is 0 Å². The first-order valence-electron chi connectivity index (χ1n) is 13.6. The topological polar surface area (TPSA) is 43.6 Å². The third-order valence-electron chi connectivity index (χ3n) is 7.07. The maximum absolute atomic E-state index is 5.08. The first-order valence-corrected chi connectivity index (χ1v) is 14.4. The summed E-state index contributed by atoms with van der Waals surface area (Å²) in [6, 6.07) is 41.9. The van der Waals surface area contributed by atoms with E-state index < -0.39 is 0 Å². The number of aromatic nitrogens is 4. The van der Waals surface area contributed by atoms with Crippen LogP contribution in [0.15, 0.2) is 121 Å². The molecule has 5 aromatic carbocycles. The normalized spacial score (nSPS) is 11.2. The van der Waals surface area contributed by atoms with Crippen molar-refractivity contribution in [3.63, 3.8) is 0 Å². The second-order valence-electron chi connectivity index (χ2n) is 9.30.